The fourth-order valence-electron chi connectivity index (χ4n) is 2.92. The quantitative estimate of drug-likeness (QED) is 0.510. The molecule has 0 aromatic carbocycles. The molecule has 0 heterocycles. The second-order valence-electron chi connectivity index (χ2n) is 7.24. The molecular formula is C18H38N2O. The molecule has 0 aromatic rings. The standard InChI is InChI=1S/C18H38N2O/c1-5-7-13-20(16(3)6-2)14-9-8-12-18(4,15-21)19-17-10-11-17/h16-17,19,21H,5-15H2,1-4H3. The Morgan fingerprint density at radius 3 is 2.38 bits per heavy atom. The topological polar surface area (TPSA) is 35.5 Å². The van der Waals surface area contributed by atoms with Gasteiger partial charge < -0.3 is 15.3 Å². The maximum absolute atomic E-state index is 9.64. The van der Waals surface area contributed by atoms with Crippen LogP contribution in [0.5, 0.6) is 0 Å². The molecule has 21 heavy (non-hydrogen) atoms. The summed E-state index contributed by atoms with van der Waals surface area (Å²) >= 11 is 0. The van der Waals surface area contributed by atoms with Crippen LogP contribution in [0.25, 0.3) is 0 Å². The van der Waals surface area contributed by atoms with Crippen molar-refractivity contribution in [3.05, 3.63) is 0 Å². The summed E-state index contributed by atoms with van der Waals surface area (Å²) in [4.78, 5) is 2.65. The zero-order valence-electron chi connectivity index (χ0n) is 14.8. The predicted octanol–water partition coefficient (Wildman–Crippen LogP) is 3.56. The Hall–Kier alpha value is -0.120. The van der Waals surface area contributed by atoms with E-state index >= 15 is 0 Å². The smallest absolute Gasteiger partial charge is 0.0610 e. The molecule has 1 fully saturated rings. The molecule has 0 saturated heterocycles. The lowest BCUT2D eigenvalue weighted by Crippen LogP contribution is -2.47. The van der Waals surface area contributed by atoms with E-state index in [-0.39, 0.29) is 12.1 Å². The molecule has 1 aliphatic carbocycles. The van der Waals surface area contributed by atoms with E-state index < -0.39 is 0 Å². The average Bonchev–Trinajstić information content (AvgIpc) is 3.29. The number of rotatable bonds is 13. The second-order valence-corrected chi connectivity index (χ2v) is 7.24. The van der Waals surface area contributed by atoms with E-state index in [1.807, 2.05) is 0 Å². The van der Waals surface area contributed by atoms with Gasteiger partial charge in [-0.3, -0.25) is 0 Å². The van der Waals surface area contributed by atoms with Crippen LogP contribution in [0, 0.1) is 0 Å². The molecule has 3 heteroatoms. The highest BCUT2D eigenvalue weighted by atomic mass is 16.3. The van der Waals surface area contributed by atoms with Crippen molar-refractivity contribution < 1.29 is 5.11 Å². The fourth-order valence-corrected chi connectivity index (χ4v) is 2.92. The van der Waals surface area contributed by atoms with Crippen LogP contribution < -0.4 is 5.32 Å². The van der Waals surface area contributed by atoms with Crippen LogP contribution in [0.2, 0.25) is 0 Å². The van der Waals surface area contributed by atoms with Crippen LogP contribution in [-0.4, -0.2) is 47.3 Å². The van der Waals surface area contributed by atoms with Gasteiger partial charge in [0.1, 0.15) is 0 Å². The minimum atomic E-state index is -0.0637. The van der Waals surface area contributed by atoms with Gasteiger partial charge in [0, 0.05) is 17.6 Å². The zero-order valence-corrected chi connectivity index (χ0v) is 14.8. The summed E-state index contributed by atoms with van der Waals surface area (Å²) in [5.74, 6) is 0. The molecule has 3 nitrogen and oxygen atoms in total. The summed E-state index contributed by atoms with van der Waals surface area (Å²) in [6.07, 6.45) is 9.93. The van der Waals surface area contributed by atoms with Gasteiger partial charge in [0.05, 0.1) is 6.61 Å². The molecule has 2 N–H and O–H groups in total. The van der Waals surface area contributed by atoms with Gasteiger partial charge in [0.2, 0.25) is 0 Å². The number of nitrogens with zero attached hydrogens (tertiary/aromatic N) is 1. The Morgan fingerprint density at radius 2 is 1.86 bits per heavy atom. The molecular weight excluding hydrogens is 260 g/mol. The third kappa shape index (κ3) is 7.62. The van der Waals surface area contributed by atoms with E-state index in [0.29, 0.717) is 12.1 Å². The highest BCUT2D eigenvalue weighted by Crippen LogP contribution is 2.25. The van der Waals surface area contributed by atoms with Crippen LogP contribution in [0.3, 0.4) is 0 Å². The number of aliphatic hydroxyl groups is 1. The highest BCUT2D eigenvalue weighted by Gasteiger charge is 2.31. The van der Waals surface area contributed by atoms with Crippen LogP contribution in [0.1, 0.15) is 79.1 Å². The first-order chi connectivity index (χ1) is 10.0. The van der Waals surface area contributed by atoms with Gasteiger partial charge in [-0.25, -0.2) is 0 Å². The predicted molar refractivity (Wildman–Crippen MR) is 91.7 cm³/mol. The summed E-state index contributed by atoms with van der Waals surface area (Å²) in [6, 6.07) is 1.37. The van der Waals surface area contributed by atoms with E-state index in [0.717, 1.165) is 6.42 Å². The molecule has 1 aliphatic rings. The Labute approximate surface area is 132 Å². The molecule has 1 saturated carbocycles. The molecule has 0 spiro atoms. The zero-order chi connectivity index (χ0) is 15.7. The highest BCUT2D eigenvalue weighted by molar-refractivity contribution is 4.92. The molecule has 0 aliphatic heterocycles. The molecule has 0 bridgehead atoms. The first-order valence-corrected chi connectivity index (χ1v) is 9.17. The van der Waals surface area contributed by atoms with Crippen molar-refractivity contribution in [3.63, 3.8) is 0 Å². The van der Waals surface area contributed by atoms with Gasteiger partial charge in [0.15, 0.2) is 0 Å². The molecule has 0 amide bonds. The summed E-state index contributed by atoms with van der Waals surface area (Å²) in [5, 5.41) is 13.2. The Bertz CT molecular complexity index is 268. The van der Waals surface area contributed by atoms with E-state index in [2.05, 4.69) is 37.9 Å². The van der Waals surface area contributed by atoms with Crippen LogP contribution in [-0.2, 0) is 0 Å². The molecule has 0 radical (unpaired) electrons. The minimum absolute atomic E-state index is 0.0637. The number of hydrogen-bond acceptors (Lipinski definition) is 3. The van der Waals surface area contributed by atoms with E-state index in [1.54, 1.807) is 0 Å². The minimum Gasteiger partial charge on any atom is -0.394 e. The van der Waals surface area contributed by atoms with Gasteiger partial charge in [-0.15, -0.1) is 0 Å². The van der Waals surface area contributed by atoms with Gasteiger partial charge in [-0.1, -0.05) is 26.7 Å². The number of aliphatic hydroxyl groups excluding tert-OH is 1. The number of hydrogen-bond donors (Lipinski definition) is 2. The lowest BCUT2D eigenvalue weighted by molar-refractivity contribution is 0.154. The van der Waals surface area contributed by atoms with E-state index in [1.165, 1.54) is 58.0 Å². The molecule has 126 valence electrons. The average molecular weight is 299 g/mol. The lowest BCUT2D eigenvalue weighted by atomic mass is 9.95. The maximum Gasteiger partial charge on any atom is 0.0610 e. The number of unbranched alkanes of at least 4 members (excludes halogenated alkanes) is 2. The lowest BCUT2D eigenvalue weighted by Gasteiger charge is -2.31. The molecule has 1 rings (SSSR count). The normalized spacial score (nSPS) is 19.7. The van der Waals surface area contributed by atoms with Crippen molar-refractivity contribution in [1.82, 2.24) is 10.2 Å². The summed E-state index contributed by atoms with van der Waals surface area (Å²) in [7, 11) is 0. The first-order valence-electron chi connectivity index (χ1n) is 9.17. The molecule has 0 aromatic heterocycles. The maximum atomic E-state index is 9.64. The molecule has 2 atom stereocenters. The van der Waals surface area contributed by atoms with Crippen LogP contribution in [0.15, 0.2) is 0 Å². The van der Waals surface area contributed by atoms with Crippen LogP contribution >= 0.6 is 0 Å². The fraction of sp³-hybridized carbons (Fsp3) is 1.00. The van der Waals surface area contributed by atoms with Crippen molar-refractivity contribution in [3.8, 4) is 0 Å². The van der Waals surface area contributed by atoms with Crippen molar-refractivity contribution >= 4 is 0 Å². The largest absolute Gasteiger partial charge is 0.394 e. The molecule has 2 unspecified atom stereocenters. The Balaban J connectivity index is 2.24. The Kier molecular flexibility index (Phi) is 8.84. The number of nitrogens with one attached hydrogen (secondary N) is 1. The summed E-state index contributed by atoms with van der Waals surface area (Å²) < 4.78 is 0. The van der Waals surface area contributed by atoms with Gasteiger partial charge >= 0.3 is 0 Å². The second kappa shape index (κ2) is 9.81. The van der Waals surface area contributed by atoms with E-state index in [9.17, 15) is 5.11 Å². The van der Waals surface area contributed by atoms with Gasteiger partial charge in [-0.2, -0.15) is 0 Å². The Morgan fingerprint density at radius 1 is 1.19 bits per heavy atom. The van der Waals surface area contributed by atoms with E-state index in [4.69, 9.17) is 0 Å². The van der Waals surface area contributed by atoms with Crippen molar-refractivity contribution in [2.75, 3.05) is 19.7 Å². The van der Waals surface area contributed by atoms with Crippen molar-refractivity contribution in [2.45, 2.75) is 96.7 Å². The first kappa shape index (κ1) is 18.9. The van der Waals surface area contributed by atoms with Crippen molar-refractivity contribution in [2.24, 2.45) is 0 Å². The summed E-state index contributed by atoms with van der Waals surface area (Å²) in [6.45, 7) is 11.8. The third-order valence-corrected chi connectivity index (χ3v) is 4.92. The van der Waals surface area contributed by atoms with Gasteiger partial charge in [0.25, 0.3) is 0 Å². The summed E-state index contributed by atoms with van der Waals surface area (Å²) in [5.41, 5.74) is -0.0637. The van der Waals surface area contributed by atoms with Crippen LogP contribution in [0.4, 0.5) is 0 Å². The van der Waals surface area contributed by atoms with Gasteiger partial charge in [-0.05, 0) is 65.5 Å². The van der Waals surface area contributed by atoms with Crippen molar-refractivity contribution in [1.29, 1.82) is 0 Å². The monoisotopic (exact) mass is 298 g/mol. The third-order valence-electron chi connectivity index (χ3n) is 4.92. The SMILES string of the molecule is CCCCN(CCCCC(C)(CO)NC1CC1)C(C)CC.